The maximum absolute atomic E-state index is 12.8. The fraction of sp³-hybridized carbons (Fsp3) is 0.706. The average molecular weight is 344 g/mol. The standard InChI is InChI=1S/C17H25NO2S.ClH/c1-14-7-2-5-11-18(14)13-20-16(19)17(9-3-4-10-17)15-8-6-12-21-15;/h6,8,12,14H,2-5,7,9-11,13H2,1H3;1H. The van der Waals surface area contributed by atoms with Crippen LogP contribution < -0.4 is 0 Å². The number of likely N-dealkylation sites (tertiary alicyclic amines) is 1. The Kier molecular flexibility index (Phi) is 6.30. The zero-order valence-electron chi connectivity index (χ0n) is 13.3. The topological polar surface area (TPSA) is 29.5 Å². The monoisotopic (exact) mass is 343 g/mol. The summed E-state index contributed by atoms with van der Waals surface area (Å²) in [6, 6.07) is 4.67. The van der Waals surface area contributed by atoms with Crippen molar-refractivity contribution in [2.75, 3.05) is 13.3 Å². The van der Waals surface area contributed by atoms with Crippen molar-refractivity contribution in [3.05, 3.63) is 22.4 Å². The minimum absolute atomic E-state index is 0. The smallest absolute Gasteiger partial charge is 0.318 e. The third-order valence-corrected chi connectivity index (χ3v) is 6.22. The lowest BCUT2D eigenvalue weighted by Crippen LogP contribution is -2.42. The highest BCUT2D eigenvalue weighted by Gasteiger charge is 2.45. The van der Waals surface area contributed by atoms with Crippen molar-refractivity contribution < 1.29 is 9.53 Å². The molecule has 1 aromatic rings. The van der Waals surface area contributed by atoms with Crippen molar-refractivity contribution in [3.63, 3.8) is 0 Å². The Balaban J connectivity index is 0.00000176. The molecule has 1 atom stereocenters. The molecule has 124 valence electrons. The van der Waals surface area contributed by atoms with Crippen molar-refractivity contribution in [2.45, 2.75) is 63.3 Å². The van der Waals surface area contributed by atoms with Crippen LogP contribution in [0.5, 0.6) is 0 Å². The first kappa shape index (κ1) is 17.8. The van der Waals surface area contributed by atoms with Crippen LogP contribution in [0.3, 0.4) is 0 Å². The molecule has 0 N–H and O–H groups in total. The molecule has 0 spiro atoms. The SMILES string of the molecule is CC1CCCCN1COC(=O)C1(c2cccs2)CCCC1.Cl. The van der Waals surface area contributed by atoms with E-state index in [0.29, 0.717) is 12.8 Å². The molecule has 1 aliphatic carbocycles. The largest absolute Gasteiger partial charge is 0.449 e. The lowest BCUT2D eigenvalue weighted by atomic mass is 9.84. The van der Waals surface area contributed by atoms with Crippen LogP contribution in [-0.4, -0.2) is 30.2 Å². The second-order valence-electron chi connectivity index (χ2n) is 6.48. The molecule has 3 rings (SSSR count). The van der Waals surface area contributed by atoms with Gasteiger partial charge in [0.25, 0.3) is 0 Å². The van der Waals surface area contributed by atoms with E-state index in [1.54, 1.807) is 11.3 Å². The predicted octanol–water partition coefficient (Wildman–Crippen LogP) is 4.36. The summed E-state index contributed by atoms with van der Waals surface area (Å²) >= 11 is 1.69. The highest BCUT2D eigenvalue weighted by atomic mass is 35.5. The third kappa shape index (κ3) is 3.50. The maximum Gasteiger partial charge on any atom is 0.318 e. The Morgan fingerprint density at radius 2 is 2.14 bits per heavy atom. The summed E-state index contributed by atoms with van der Waals surface area (Å²) in [7, 11) is 0. The van der Waals surface area contributed by atoms with Gasteiger partial charge in [-0.05, 0) is 44.1 Å². The Morgan fingerprint density at radius 3 is 2.77 bits per heavy atom. The molecule has 0 amide bonds. The first-order valence-corrected chi connectivity index (χ1v) is 9.06. The van der Waals surface area contributed by atoms with E-state index in [0.717, 1.165) is 32.2 Å². The summed E-state index contributed by atoms with van der Waals surface area (Å²) in [5, 5.41) is 2.06. The number of piperidine rings is 1. The Morgan fingerprint density at radius 1 is 1.36 bits per heavy atom. The van der Waals surface area contributed by atoms with Gasteiger partial charge in [-0.3, -0.25) is 9.69 Å². The first-order valence-electron chi connectivity index (χ1n) is 8.18. The minimum atomic E-state index is -0.354. The minimum Gasteiger partial charge on any atom is -0.449 e. The van der Waals surface area contributed by atoms with Crippen LogP contribution >= 0.6 is 23.7 Å². The van der Waals surface area contributed by atoms with Crippen LogP contribution in [0.2, 0.25) is 0 Å². The van der Waals surface area contributed by atoms with Gasteiger partial charge < -0.3 is 4.74 Å². The fourth-order valence-corrected chi connectivity index (χ4v) is 4.68. The van der Waals surface area contributed by atoms with Gasteiger partial charge >= 0.3 is 5.97 Å². The maximum atomic E-state index is 12.8. The summed E-state index contributed by atoms with van der Waals surface area (Å²) in [4.78, 5) is 16.3. The number of rotatable bonds is 4. The molecule has 1 saturated carbocycles. The van der Waals surface area contributed by atoms with Crippen LogP contribution in [0.1, 0.15) is 56.7 Å². The van der Waals surface area contributed by atoms with Gasteiger partial charge in [-0.1, -0.05) is 25.3 Å². The normalized spacial score (nSPS) is 24.7. The van der Waals surface area contributed by atoms with Crippen molar-refractivity contribution in [1.82, 2.24) is 4.90 Å². The fourth-order valence-electron chi connectivity index (χ4n) is 3.71. The van der Waals surface area contributed by atoms with E-state index in [2.05, 4.69) is 23.3 Å². The molecule has 0 aromatic carbocycles. The van der Waals surface area contributed by atoms with Crippen molar-refractivity contribution in [1.29, 1.82) is 0 Å². The molecule has 1 aromatic heterocycles. The number of nitrogens with zero attached hydrogens (tertiary/aromatic N) is 1. The highest BCUT2D eigenvalue weighted by molar-refractivity contribution is 7.10. The number of hydrogen-bond acceptors (Lipinski definition) is 4. The van der Waals surface area contributed by atoms with Gasteiger partial charge in [0.05, 0.1) is 0 Å². The van der Waals surface area contributed by atoms with Crippen molar-refractivity contribution in [3.8, 4) is 0 Å². The van der Waals surface area contributed by atoms with Gasteiger partial charge in [0.15, 0.2) is 0 Å². The summed E-state index contributed by atoms with van der Waals surface area (Å²) in [5.41, 5.74) is -0.354. The van der Waals surface area contributed by atoms with Gasteiger partial charge in [0, 0.05) is 17.5 Å². The van der Waals surface area contributed by atoms with Gasteiger partial charge in [-0.25, -0.2) is 0 Å². The Labute approximate surface area is 143 Å². The number of thiophene rings is 1. The molecule has 0 bridgehead atoms. The number of halogens is 1. The van der Waals surface area contributed by atoms with Crippen LogP contribution in [0.4, 0.5) is 0 Å². The van der Waals surface area contributed by atoms with E-state index >= 15 is 0 Å². The second-order valence-corrected chi connectivity index (χ2v) is 7.43. The lowest BCUT2D eigenvalue weighted by molar-refractivity contribution is -0.157. The van der Waals surface area contributed by atoms with Crippen LogP contribution in [0.25, 0.3) is 0 Å². The predicted molar refractivity (Wildman–Crippen MR) is 92.7 cm³/mol. The molecule has 2 fully saturated rings. The molecule has 1 unspecified atom stereocenters. The van der Waals surface area contributed by atoms with Gasteiger partial charge in [-0.15, -0.1) is 23.7 Å². The van der Waals surface area contributed by atoms with Crippen molar-refractivity contribution >= 4 is 29.7 Å². The molecular formula is C17H26ClNO2S. The second kappa shape index (κ2) is 7.80. The van der Waals surface area contributed by atoms with Crippen LogP contribution in [-0.2, 0) is 14.9 Å². The first-order chi connectivity index (χ1) is 10.2. The molecule has 1 aliphatic heterocycles. The van der Waals surface area contributed by atoms with E-state index in [1.807, 2.05) is 6.07 Å². The van der Waals surface area contributed by atoms with Gasteiger partial charge in [0.2, 0.25) is 0 Å². The summed E-state index contributed by atoms with van der Waals surface area (Å²) in [6.07, 6.45) is 7.89. The van der Waals surface area contributed by atoms with Crippen LogP contribution in [0.15, 0.2) is 17.5 Å². The van der Waals surface area contributed by atoms with E-state index in [4.69, 9.17) is 4.74 Å². The summed E-state index contributed by atoms with van der Waals surface area (Å²) in [6.45, 7) is 3.76. The average Bonchev–Trinajstić information content (AvgIpc) is 3.17. The zero-order valence-corrected chi connectivity index (χ0v) is 14.9. The van der Waals surface area contributed by atoms with E-state index in [1.165, 1.54) is 24.1 Å². The third-order valence-electron chi connectivity index (χ3n) is 5.14. The number of hydrogen-bond donors (Lipinski definition) is 0. The molecule has 5 heteroatoms. The summed E-state index contributed by atoms with van der Waals surface area (Å²) < 4.78 is 5.76. The molecule has 22 heavy (non-hydrogen) atoms. The molecule has 0 radical (unpaired) electrons. The van der Waals surface area contributed by atoms with Crippen LogP contribution in [0, 0.1) is 0 Å². The Hall–Kier alpha value is -0.580. The number of ether oxygens (including phenoxy) is 1. The van der Waals surface area contributed by atoms with Gasteiger partial charge in [0.1, 0.15) is 12.1 Å². The molecule has 2 aliphatic rings. The lowest BCUT2D eigenvalue weighted by Gasteiger charge is -2.34. The number of esters is 1. The van der Waals surface area contributed by atoms with E-state index in [-0.39, 0.29) is 23.8 Å². The molecule has 2 heterocycles. The van der Waals surface area contributed by atoms with E-state index < -0.39 is 0 Å². The number of carbonyl (C=O) groups is 1. The Bertz CT molecular complexity index is 471. The highest BCUT2D eigenvalue weighted by Crippen LogP contribution is 2.44. The van der Waals surface area contributed by atoms with Crippen molar-refractivity contribution in [2.24, 2.45) is 0 Å². The zero-order chi connectivity index (χ0) is 14.7. The summed E-state index contributed by atoms with van der Waals surface area (Å²) in [5.74, 6) is 0.000207. The molecule has 3 nitrogen and oxygen atoms in total. The molecule has 1 saturated heterocycles. The number of carbonyl (C=O) groups excluding carboxylic acids is 1. The quantitative estimate of drug-likeness (QED) is 0.761. The van der Waals surface area contributed by atoms with E-state index in [9.17, 15) is 4.79 Å². The van der Waals surface area contributed by atoms with Gasteiger partial charge in [-0.2, -0.15) is 0 Å². The molecular weight excluding hydrogens is 318 g/mol.